The zero-order chi connectivity index (χ0) is 22.3. The van der Waals surface area contributed by atoms with Gasteiger partial charge in [-0.05, 0) is 23.3 Å². The summed E-state index contributed by atoms with van der Waals surface area (Å²) >= 11 is 0. The topological polar surface area (TPSA) is 83.6 Å². The van der Waals surface area contributed by atoms with Gasteiger partial charge in [0.1, 0.15) is 12.6 Å². The first-order valence-corrected chi connectivity index (χ1v) is 10.5. The van der Waals surface area contributed by atoms with E-state index in [1.54, 1.807) is 7.11 Å². The smallest absolute Gasteiger partial charge is 0.321 e. The Hall–Kier alpha value is -3.77. The van der Waals surface area contributed by atoms with Crippen LogP contribution in [0.4, 0.5) is 0 Å². The SMILES string of the molecule is COc1cccc(CN[C@@H](Cc2c[nH]c3ccccc23)C(=O)O)c1OCc1ccccc1. The molecule has 0 aliphatic heterocycles. The average molecular weight is 431 g/mol. The fourth-order valence-corrected chi connectivity index (χ4v) is 3.76. The van der Waals surface area contributed by atoms with E-state index < -0.39 is 12.0 Å². The van der Waals surface area contributed by atoms with Crippen LogP contribution in [0.5, 0.6) is 11.5 Å². The summed E-state index contributed by atoms with van der Waals surface area (Å²) in [5.41, 5.74) is 3.84. The van der Waals surface area contributed by atoms with Gasteiger partial charge in [-0.25, -0.2) is 0 Å². The molecule has 0 aliphatic rings. The van der Waals surface area contributed by atoms with Gasteiger partial charge in [-0.2, -0.15) is 0 Å². The zero-order valence-corrected chi connectivity index (χ0v) is 17.9. The number of hydrogen-bond donors (Lipinski definition) is 3. The Morgan fingerprint density at radius 3 is 2.56 bits per heavy atom. The molecule has 1 heterocycles. The molecule has 0 spiro atoms. The van der Waals surface area contributed by atoms with Gasteiger partial charge in [-0.3, -0.25) is 10.1 Å². The summed E-state index contributed by atoms with van der Waals surface area (Å²) in [6.45, 7) is 0.729. The molecule has 6 heteroatoms. The second-order valence-corrected chi connectivity index (χ2v) is 7.56. The number of ether oxygens (including phenoxy) is 2. The van der Waals surface area contributed by atoms with Crippen LogP contribution in [0, 0.1) is 0 Å². The van der Waals surface area contributed by atoms with Crippen molar-refractivity contribution in [1.29, 1.82) is 0 Å². The van der Waals surface area contributed by atoms with E-state index in [4.69, 9.17) is 9.47 Å². The average Bonchev–Trinajstić information content (AvgIpc) is 3.23. The van der Waals surface area contributed by atoms with E-state index in [-0.39, 0.29) is 0 Å². The summed E-state index contributed by atoms with van der Waals surface area (Å²) in [5, 5.41) is 14.0. The highest BCUT2D eigenvalue weighted by atomic mass is 16.5. The number of carboxylic acid groups (broad SMARTS) is 1. The third kappa shape index (κ3) is 4.92. The number of benzene rings is 3. The summed E-state index contributed by atoms with van der Waals surface area (Å²) < 4.78 is 11.6. The van der Waals surface area contributed by atoms with E-state index in [1.165, 1.54) is 0 Å². The van der Waals surface area contributed by atoms with Crippen molar-refractivity contribution in [3.8, 4) is 11.5 Å². The number of methoxy groups -OCH3 is 1. The molecule has 3 N–H and O–H groups in total. The number of carbonyl (C=O) groups is 1. The van der Waals surface area contributed by atoms with E-state index in [0.29, 0.717) is 31.1 Å². The Morgan fingerprint density at radius 2 is 1.78 bits per heavy atom. The lowest BCUT2D eigenvalue weighted by Gasteiger charge is -2.18. The molecule has 0 unspecified atom stereocenters. The van der Waals surface area contributed by atoms with E-state index >= 15 is 0 Å². The summed E-state index contributed by atoms with van der Waals surface area (Å²) in [5.74, 6) is 0.330. The molecular weight excluding hydrogens is 404 g/mol. The normalized spacial score (nSPS) is 11.9. The molecular formula is C26H26N2O4. The van der Waals surface area contributed by atoms with Gasteiger partial charge in [0.2, 0.25) is 0 Å². The first-order chi connectivity index (χ1) is 15.7. The van der Waals surface area contributed by atoms with Crippen LogP contribution < -0.4 is 14.8 Å². The third-order valence-corrected chi connectivity index (χ3v) is 5.44. The van der Waals surface area contributed by atoms with Crippen LogP contribution in [0.2, 0.25) is 0 Å². The van der Waals surface area contributed by atoms with E-state index in [2.05, 4.69) is 10.3 Å². The van der Waals surface area contributed by atoms with Crippen LogP contribution in [0.15, 0.2) is 79.0 Å². The van der Waals surface area contributed by atoms with Gasteiger partial charge in [-0.15, -0.1) is 0 Å². The maximum Gasteiger partial charge on any atom is 0.321 e. The monoisotopic (exact) mass is 430 g/mol. The lowest BCUT2D eigenvalue weighted by Crippen LogP contribution is -2.38. The second-order valence-electron chi connectivity index (χ2n) is 7.56. The lowest BCUT2D eigenvalue weighted by atomic mass is 10.0. The lowest BCUT2D eigenvalue weighted by molar-refractivity contribution is -0.139. The van der Waals surface area contributed by atoms with Crippen LogP contribution in [0.3, 0.4) is 0 Å². The maximum absolute atomic E-state index is 12.0. The van der Waals surface area contributed by atoms with Crippen LogP contribution in [-0.4, -0.2) is 29.2 Å². The molecule has 0 fully saturated rings. The van der Waals surface area contributed by atoms with Crippen LogP contribution in [-0.2, 0) is 24.4 Å². The number of hydrogen-bond acceptors (Lipinski definition) is 4. The van der Waals surface area contributed by atoms with E-state index in [1.807, 2.05) is 79.0 Å². The number of H-pyrrole nitrogens is 1. The molecule has 6 nitrogen and oxygen atoms in total. The fraction of sp³-hybridized carbons (Fsp3) is 0.192. The van der Waals surface area contributed by atoms with Crippen molar-refractivity contribution < 1.29 is 19.4 Å². The molecule has 1 atom stereocenters. The minimum absolute atomic E-state index is 0.334. The van der Waals surface area contributed by atoms with Gasteiger partial charge in [0.15, 0.2) is 11.5 Å². The predicted octanol–water partition coefficient (Wildman–Crippen LogP) is 4.54. The largest absolute Gasteiger partial charge is 0.493 e. The van der Waals surface area contributed by atoms with Crippen molar-refractivity contribution in [2.45, 2.75) is 25.6 Å². The molecule has 0 radical (unpaired) electrons. The summed E-state index contributed by atoms with van der Waals surface area (Å²) in [7, 11) is 1.60. The quantitative estimate of drug-likeness (QED) is 0.344. The van der Waals surface area contributed by atoms with Crippen LogP contribution >= 0.6 is 0 Å². The fourth-order valence-electron chi connectivity index (χ4n) is 3.76. The van der Waals surface area contributed by atoms with Crippen molar-refractivity contribution in [1.82, 2.24) is 10.3 Å². The highest BCUT2D eigenvalue weighted by Crippen LogP contribution is 2.32. The molecule has 0 saturated heterocycles. The summed E-state index contributed by atoms with van der Waals surface area (Å²) in [4.78, 5) is 15.2. The third-order valence-electron chi connectivity index (χ3n) is 5.44. The van der Waals surface area contributed by atoms with Crippen molar-refractivity contribution in [3.05, 3.63) is 95.7 Å². The molecule has 1 aromatic heterocycles. The maximum atomic E-state index is 12.0. The number of carboxylic acids is 1. The highest BCUT2D eigenvalue weighted by molar-refractivity contribution is 5.84. The molecule has 4 rings (SSSR count). The van der Waals surface area contributed by atoms with E-state index in [9.17, 15) is 9.90 Å². The molecule has 0 amide bonds. The first-order valence-electron chi connectivity index (χ1n) is 10.5. The molecule has 4 aromatic rings. The number of aromatic nitrogens is 1. The Bertz CT molecular complexity index is 1190. The van der Waals surface area contributed by atoms with Gasteiger partial charge in [0.25, 0.3) is 0 Å². The number of aliphatic carboxylic acids is 1. The number of aromatic amines is 1. The Kier molecular flexibility index (Phi) is 6.72. The molecule has 0 bridgehead atoms. The van der Waals surface area contributed by atoms with Crippen molar-refractivity contribution in [2.75, 3.05) is 7.11 Å². The molecule has 0 aliphatic carbocycles. The number of rotatable bonds is 10. The van der Waals surface area contributed by atoms with E-state index in [0.717, 1.165) is 27.6 Å². The molecule has 3 aromatic carbocycles. The van der Waals surface area contributed by atoms with Crippen molar-refractivity contribution in [2.24, 2.45) is 0 Å². The number of fused-ring (bicyclic) bond motifs is 1. The predicted molar refractivity (Wildman–Crippen MR) is 124 cm³/mol. The summed E-state index contributed by atoms with van der Waals surface area (Å²) in [6, 6.07) is 22.6. The Morgan fingerprint density at radius 1 is 1.00 bits per heavy atom. The molecule has 164 valence electrons. The summed E-state index contributed by atoms with van der Waals surface area (Å²) in [6.07, 6.45) is 2.24. The standard InChI is InChI=1S/C26H26N2O4/c1-31-24-13-7-10-19(25(24)32-17-18-8-3-2-4-9-18)15-28-23(26(29)30)14-20-16-27-22-12-6-5-11-21(20)22/h2-13,16,23,27-28H,14-15,17H2,1H3,(H,29,30)/t23-/m0/s1. The number of nitrogens with one attached hydrogen (secondary N) is 2. The molecule has 32 heavy (non-hydrogen) atoms. The molecule has 0 saturated carbocycles. The van der Waals surface area contributed by atoms with Crippen LogP contribution in [0.1, 0.15) is 16.7 Å². The minimum Gasteiger partial charge on any atom is -0.493 e. The number of para-hydroxylation sites is 2. The van der Waals surface area contributed by atoms with Crippen molar-refractivity contribution >= 4 is 16.9 Å². The first kappa shape index (κ1) is 21.5. The highest BCUT2D eigenvalue weighted by Gasteiger charge is 2.20. The van der Waals surface area contributed by atoms with Gasteiger partial charge >= 0.3 is 5.97 Å². The van der Waals surface area contributed by atoms with Crippen molar-refractivity contribution in [3.63, 3.8) is 0 Å². The van der Waals surface area contributed by atoms with Gasteiger partial charge in [0, 0.05) is 35.6 Å². The Balaban J connectivity index is 1.50. The second kappa shape index (κ2) is 10.0. The Labute approximate surface area is 186 Å². The van der Waals surface area contributed by atoms with Gasteiger partial charge < -0.3 is 19.6 Å². The van der Waals surface area contributed by atoms with Gasteiger partial charge in [-0.1, -0.05) is 60.7 Å². The van der Waals surface area contributed by atoms with Crippen LogP contribution in [0.25, 0.3) is 10.9 Å². The zero-order valence-electron chi connectivity index (χ0n) is 17.9. The minimum atomic E-state index is -0.898. The van der Waals surface area contributed by atoms with Gasteiger partial charge in [0.05, 0.1) is 7.11 Å².